The van der Waals surface area contributed by atoms with Crippen LogP contribution in [0.4, 0.5) is 0 Å². The molecular formula is C13H15N3S. The molecule has 0 saturated carbocycles. The lowest BCUT2D eigenvalue weighted by molar-refractivity contribution is 0.604. The van der Waals surface area contributed by atoms with Crippen LogP contribution in [-0.4, -0.2) is 15.3 Å². The Morgan fingerprint density at radius 1 is 1.41 bits per heavy atom. The SMILES string of the molecule is NCc1cn(CC2CSc3ccccc32)cn1. The molecule has 1 aliphatic heterocycles. The molecule has 0 fully saturated rings. The van der Waals surface area contributed by atoms with Gasteiger partial charge in [0, 0.05) is 35.9 Å². The van der Waals surface area contributed by atoms with Crippen molar-refractivity contribution >= 4 is 11.8 Å². The molecule has 3 rings (SSSR count). The molecule has 0 bridgehead atoms. The largest absolute Gasteiger partial charge is 0.337 e. The van der Waals surface area contributed by atoms with E-state index in [1.54, 1.807) is 0 Å². The van der Waals surface area contributed by atoms with Crippen LogP contribution >= 0.6 is 11.8 Å². The lowest BCUT2D eigenvalue weighted by Gasteiger charge is -2.10. The van der Waals surface area contributed by atoms with E-state index in [9.17, 15) is 0 Å². The maximum absolute atomic E-state index is 5.57. The summed E-state index contributed by atoms with van der Waals surface area (Å²) in [6.07, 6.45) is 3.93. The summed E-state index contributed by atoms with van der Waals surface area (Å²) in [4.78, 5) is 5.69. The summed E-state index contributed by atoms with van der Waals surface area (Å²) in [6, 6.07) is 8.68. The summed E-state index contributed by atoms with van der Waals surface area (Å²) in [5, 5.41) is 0. The number of nitrogens with zero attached hydrogens (tertiary/aromatic N) is 2. The molecule has 1 atom stereocenters. The van der Waals surface area contributed by atoms with Crippen LogP contribution in [0.25, 0.3) is 0 Å². The standard InChI is InChI=1S/C13H15N3S/c14-5-11-7-16(9-15-11)6-10-8-17-13-4-2-1-3-12(10)13/h1-4,7,9-10H,5-6,8,14H2. The Balaban J connectivity index is 1.79. The summed E-state index contributed by atoms with van der Waals surface area (Å²) in [5.74, 6) is 1.76. The molecule has 2 N–H and O–H groups in total. The van der Waals surface area contributed by atoms with Gasteiger partial charge in [-0.2, -0.15) is 0 Å². The van der Waals surface area contributed by atoms with Crippen LogP contribution in [0.15, 0.2) is 41.7 Å². The third-order valence-corrected chi connectivity index (χ3v) is 4.38. The topological polar surface area (TPSA) is 43.8 Å². The molecule has 17 heavy (non-hydrogen) atoms. The molecule has 0 amide bonds. The summed E-state index contributed by atoms with van der Waals surface area (Å²) < 4.78 is 2.15. The highest BCUT2D eigenvalue weighted by atomic mass is 32.2. The quantitative estimate of drug-likeness (QED) is 0.902. The first-order valence-electron chi connectivity index (χ1n) is 5.79. The lowest BCUT2D eigenvalue weighted by atomic mass is 10.0. The molecular weight excluding hydrogens is 230 g/mol. The molecule has 1 aromatic carbocycles. The monoisotopic (exact) mass is 245 g/mol. The average molecular weight is 245 g/mol. The van der Waals surface area contributed by atoms with Gasteiger partial charge in [-0.3, -0.25) is 0 Å². The minimum atomic E-state index is 0.517. The first-order chi connectivity index (χ1) is 8.36. The summed E-state index contributed by atoms with van der Waals surface area (Å²) in [7, 11) is 0. The summed E-state index contributed by atoms with van der Waals surface area (Å²) in [5.41, 5.74) is 8.00. The van der Waals surface area contributed by atoms with Crippen molar-refractivity contribution in [3.8, 4) is 0 Å². The van der Waals surface area contributed by atoms with Crippen molar-refractivity contribution in [2.75, 3.05) is 5.75 Å². The van der Waals surface area contributed by atoms with Gasteiger partial charge in [-0.1, -0.05) is 18.2 Å². The Hall–Kier alpha value is -1.26. The highest BCUT2D eigenvalue weighted by molar-refractivity contribution is 7.99. The fraction of sp³-hybridized carbons (Fsp3) is 0.308. The van der Waals surface area contributed by atoms with Gasteiger partial charge < -0.3 is 10.3 Å². The number of hydrogen-bond acceptors (Lipinski definition) is 3. The van der Waals surface area contributed by atoms with Crippen molar-refractivity contribution in [1.82, 2.24) is 9.55 Å². The van der Waals surface area contributed by atoms with Crippen LogP contribution in [0.2, 0.25) is 0 Å². The Bertz CT molecular complexity index is 521. The van der Waals surface area contributed by atoms with Crippen molar-refractivity contribution < 1.29 is 0 Å². The molecule has 0 saturated heterocycles. The highest BCUT2D eigenvalue weighted by Gasteiger charge is 2.22. The molecule has 2 aromatic rings. The predicted molar refractivity (Wildman–Crippen MR) is 70.0 cm³/mol. The van der Waals surface area contributed by atoms with E-state index < -0.39 is 0 Å². The number of imidazole rings is 1. The van der Waals surface area contributed by atoms with Gasteiger partial charge in [0.25, 0.3) is 0 Å². The molecule has 2 heterocycles. The summed E-state index contributed by atoms with van der Waals surface area (Å²) in [6.45, 7) is 1.51. The van der Waals surface area contributed by atoms with Crippen LogP contribution < -0.4 is 5.73 Å². The second-order valence-corrected chi connectivity index (χ2v) is 5.37. The summed E-state index contributed by atoms with van der Waals surface area (Å²) >= 11 is 1.95. The molecule has 0 spiro atoms. The van der Waals surface area contributed by atoms with Crippen LogP contribution in [0, 0.1) is 0 Å². The van der Waals surface area contributed by atoms with Crippen molar-refractivity contribution in [1.29, 1.82) is 0 Å². The van der Waals surface area contributed by atoms with Gasteiger partial charge >= 0.3 is 0 Å². The number of hydrogen-bond donors (Lipinski definition) is 1. The van der Waals surface area contributed by atoms with E-state index in [4.69, 9.17) is 5.73 Å². The molecule has 1 aromatic heterocycles. The van der Waals surface area contributed by atoms with Gasteiger partial charge in [0.05, 0.1) is 12.0 Å². The van der Waals surface area contributed by atoms with Gasteiger partial charge in [-0.15, -0.1) is 11.8 Å². The van der Waals surface area contributed by atoms with Gasteiger partial charge in [-0.25, -0.2) is 4.98 Å². The fourth-order valence-corrected chi connectivity index (χ4v) is 3.49. The first-order valence-corrected chi connectivity index (χ1v) is 6.78. The van der Waals surface area contributed by atoms with E-state index in [2.05, 4.69) is 33.8 Å². The number of fused-ring (bicyclic) bond motifs is 1. The average Bonchev–Trinajstić information content (AvgIpc) is 2.97. The number of nitrogens with two attached hydrogens (primary N) is 1. The van der Waals surface area contributed by atoms with Crippen LogP contribution in [-0.2, 0) is 13.1 Å². The van der Waals surface area contributed by atoms with Gasteiger partial charge in [0.15, 0.2) is 0 Å². The van der Waals surface area contributed by atoms with Gasteiger partial charge in [0.2, 0.25) is 0 Å². The fourth-order valence-electron chi connectivity index (χ4n) is 2.25. The van der Waals surface area contributed by atoms with Crippen molar-refractivity contribution in [2.24, 2.45) is 5.73 Å². The lowest BCUT2D eigenvalue weighted by Crippen LogP contribution is -2.07. The molecule has 4 heteroatoms. The minimum absolute atomic E-state index is 0.517. The maximum Gasteiger partial charge on any atom is 0.0950 e. The molecule has 1 unspecified atom stereocenters. The highest BCUT2D eigenvalue weighted by Crippen LogP contribution is 2.39. The van der Waals surface area contributed by atoms with Gasteiger partial charge in [-0.05, 0) is 11.6 Å². The zero-order valence-corrected chi connectivity index (χ0v) is 10.4. The molecule has 3 nitrogen and oxygen atoms in total. The number of rotatable bonds is 3. The Labute approximate surface area is 105 Å². The zero-order valence-electron chi connectivity index (χ0n) is 9.54. The van der Waals surface area contributed by atoms with E-state index in [-0.39, 0.29) is 0 Å². The first kappa shape index (κ1) is 10.9. The Morgan fingerprint density at radius 2 is 2.29 bits per heavy atom. The van der Waals surface area contributed by atoms with Crippen molar-refractivity contribution in [3.05, 3.63) is 48.0 Å². The second kappa shape index (κ2) is 4.55. The van der Waals surface area contributed by atoms with E-state index in [0.717, 1.165) is 18.0 Å². The number of aromatic nitrogens is 2. The molecule has 88 valence electrons. The van der Waals surface area contributed by atoms with E-state index in [1.807, 2.05) is 24.3 Å². The predicted octanol–water partition coefficient (Wildman–Crippen LogP) is 2.23. The van der Waals surface area contributed by atoms with E-state index in [1.165, 1.54) is 10.5 Å². The third-order valence-electron chi connectivity index (χ3n) is 3.13. The Kier molecular flexibility index (Phi) is 2.91. The van der Waals surface area contributed by atoms with E-state index in [0.29, 0.717) is 12.5 Å². The smallest absolute Gasteiger partial charge is 0.0950 e. The minimum Gasteiger partial charge on any atom is -0.337 e. The molecule has 0 radical (unpaired) electrons. The van der Waals surface area contributed by atoms with Gasteiger partial charge in [0.1, 0.15) is 0 Å². The maximum atomic E-state index is 5.57. The number of thioether (sulfide) groups is 1. The van der Waals surface area contributed by atoms with Crippen LogP contribution in [0.3, 0.4) is 0 Å². The molecule has 0 aliphatic carbocycles. The van der Waals surface area contributed by atoms with E-state index >= 15 is 0 Å². The van der Waals surface area contributed by atoms with Crippen molar-refractivity contribution in [2.45, 2.75) is 23.9 Å². The zero-order chi connectivity index (χ0) is 11.7. The van der Waals surface area contributed by atoms with Crippen molar-refractivity contribution in [3.63, 3.8) is 0 Å². The van der Waals surface area contributed by atoms with Crippen LogP contribution in [0.1, 0.15) is 17.2 Å². The number of benzene rings is 1. The third kappa shape index (κ3) is 2.10. The normalized spacial score (nSPS) is 18.3. The second-order valence-electron chi connectivity index (χ2n) is 4.31. The van der Waals surface area contributed by atoms with Crippen LogP contribution in [0.5, 0.6) is 0 Å². The molecule has 1 aliphatic rings. The Morgan fingerprint density at radius 3 is 3.12 bits per heavy atom.